The Bertz CT molecular complexity index is 325. The van der Waals surface area contributed by atoms with Crippen molar-refractivity contribution in [1.82, 2.24) is 4.98 Å². The molecule has 0 fully saturated rings. The Morgan fingerprint density at radius 1 is 1.50 bits per heavy atom. The van der Waals surface area contributed by atoms with E-state index in [1.165, 1.54) is 6.20 Å². The standard InChI is InChI=1S/C8H8N2O2/c11-8-5-10(12)4-6-1-2-9-3-7(6)8/h1-3,10H,4-5H2. The maximum absolute atomic E-state index is 11.2. The summed E-state index contributed by atoms with van der Waals surface area (Å²) in [6.45, 7) is 0.419. The van der Waals surface area contributed by atoms with Crippen LogP contribution in [0.2, 0.25) is 0 Å². The van der Waals surface area contributed by atoms with Gasteiger partial charge in [-0.15, -0.1) is 0 Å². The molecule has 1 atom stereocenters. The van der Waals surface area contributed by atoms with Crippen LogP contribution in [0.1, 0.15) is 15.9 Å². The second-order valence-corrected chi connectivity index (χ2v) is 2.85. The second-order valence-electron chi connectivity index (χ2n) is 2.85. The van der Waals surface area contributed by atoms with Crippen LogP contribution >= 0.6 is 0 Å². The lowest BCUT2D eigenvalue weighted by atomic mass is 10.0. The van der Waals surface area contributed by atoms with Crippen molar-refractivity contribution in [3.05, 3.63) is 34.8 Å². The zero-order valence-electron chi connectivity index (χ0n) is 6.41. The van der Waals surface area contributed by atoms with Crippen molar-refractivity contribution in [3.63, 3.8) is 0 Å². The zero-order valence-corrected chi connectivity index (χ0v) is 6.41. The highest BCUT2D eigenvalue weighted by Crippen LogP contribution is 2.08. The third kappa shape index (κ3) is 1.11. The monoisotopic (exact) mass is 164 g/mol. The largest absolute Gasteiger partial charge is 0.634 e. The molecule has 0 saturated carbocycles. The Hall–Kier alpha value is -1.26. The van der Waals surface area contributed by atoms with Gasteiger partial charge in [0.15, 0.2) is 0 Å². The van der Waals surface area contributed by atoms with Crippen molar-refractivity contribution in [1.29, 1.82) is 0 Å². The number of Topliss-reactive ketones (excluding diaryl/α,β-unsaturated/α-hetero) is 1. The first-order valence-corrected chi connectivity index (χ1v) is 3.75. The predicted octanol–water partition coefficient (Wildman–Crippen LogP) is -0.839. The van der Waals surface area contributed by atoms with E-state index >= 15 is 0 Å². The van der Waals surface area contributed by atoms with E-state index in [-0.39, 0.29) is 17.4 Å². The van der Waals surface area contributed by atoms with Gasteiger partial charge >= 0.3 is 0 Å². The highest BCUT2D eigenvalue weighted by molar-refractivity contribution is 5.98. The number of pyridine rings is 1. The molecule has 1 aliphatic rings. The van der Waals surface area contributed by atoms with Gasteiger partial charge in [0.05, 0.1) is 5.56 Å². The summed E-state index contributed by atoms with van der Waals surface area (Å²) in [5, 5.41) is 11.0. The Morgan fingerprint density at radius 3 is 3.17 bits per heavy atom. The molecule has 0 radical (unpaired) electrons. The van der Waals surface area contributed by atoms with Gasteiger partial charge in [-0.2, -0.15) is 0 Å². The molecule has 1 aliphatic heterocycles. The van der Waals surface area contributed by atoms with Crippen LogP contribution in [0.5, 0.6) is 0 Å². The molecular weight excluding hydrogens is 156 g/mol. The van der Waals surface area contributed by atoms with E-state index in [1.807, 2.05) is 0 Å². The topological polar surface area (TPSA) is 57.5 Å². The molecule has 4 heteroatoms. The van der Waals surface area contributed by atoms with Crippen molar-refractivity contribution in [2.75, 3.05) is 6.54 Å². The summed E-state index contributed by atoms with van der Waals surface area (Å²) < 4.78 is 0. The van der Waals surface area contributed by atoms with Crippen LogP contribution in [-0.4, -0.2) is 17.3 Å². The van der Waals surface area contributed by atoms with E-state index in [1.54, 1.807) is 12.3 Å². The van der Waals surface area contributed by atoms with E-state index in [0.717, 1.165) is 5.56 Å². The van der Waals surface area contributed by atoms with Gasteiger partial charge in [0.2, 0.25) is 5.78 Å². The fourth-order valence-electron chi connectivity index (χ4n) is 1.38. The SMILES string of the molecule is O=C1C[NH+]([O-])Cc2ccncc21. The van der Waals surface area contributed by atoms with Crippen molar-refractivity contribution < 1.29 is 9.86 Å². The summed E-state index contributed by atoms with van der Waals surface area (Å²) in [6, 6.07) is 1.73. The molecule has 4 nitrogen and oxygen atoms in total. The second kappa shape index (κ2) is 2.66. The summed E-state index contributed by atoms with van der Waals surface area (Å²) in [7, 11) is 0. The molecule has 2 heterocycles. The maximum atomic E-state index is 11.2. The third-order valence-electron chi connectivity index (χ3n) is 1.96. The molecule has 2 rings (SSSR count). The van der Waals surface area contributed by atoms with E-state index in [9.17, 15) is 10.0 Å². The lowest BCUT2D eigenvalue weighted by Crippen LogP contribution is -3.07. The minimum absolute atomic E-state index is 0.00120. The lowest BCUT2D eigenvalue weighted by Gasteiger charge is -2.26. The molecule has 0 aliphatic carbocycles. The summed E-state index contributed by atoms with van der Waals surface area (Å²) in [4.78, 5) is 15.1. The number of quaternary nitrogens is 1. The van der Waals surface area contributed by atoms with Gasteiger partial charge in [-0.05, 0) is 6.07 Å². The molecule has 62 valence electrons. The summed E-state index contributed by atoms with van der Waals surface area (Å²) in [6.07, 6.45) is 3.13. The van der Waals surface area contributed by atoms with E-state index < -0.39 is 0 Å². The predicted molar refractivity (Wildman–Crippen MR) is 41.5 cm³/mol. The van der Waals surface area contributed by atoms with Gasteiger partial charge in [0, 0.05) is 18.0 Å². The zero-order chi connectivity index (χ0) is 8.55. The van der Waals surface area contributed by atoms with Gasteiger partial charge in [0.1, 0.15) is 13.1 Å². The first kappa shape index (κ1) is 7.39. The Morgan fingerprint density at radius 2 is 2.33 bits per heavy atom. The molecule has 1 aromatic rings. The van der Waals surface area contributed by atoms with Crippen molar-refractivity contribution >= 4 is 5.78 Å². The number of nitrogens with one attached hydrogen (secondary N) is 1. The molecule has 12 heavy (non-hydrogen) atoms. The van der Waals surface area contributed by atoms with Gasteiger partial charge < -0.3 is 10.3 Å². The number of carbonyl (C=O) groups excluding carboxylic acids is 1. The normalized spacial score (nSPS) is 22.1. The van der Waals surface area contributed by atoms with E-state index in [4.69, 9.17) is 0 Å². The van der Waals surface area contributed by atoms with Crippen LogP contribution in [0.4, 0.5) is 0 Å². The van der Waals surface area contributed by atoms with Crippen LogP contribution in [0.3, 0.4) is 0 Å². The molecule has 1 unspecified atom stereocenters. The van der Waals surface area contributed by atoms with Gasteiger partial charge in [-0.3, -0.25) is 9.78 Å². The Labute approximate surface area is 69.4 Å². The summed E-state index contributed by atoms with van der Waals surface area (Å²) in [5.74, 6) is -0.102. The maximum Gasteiger partial charge on any atom is 0.219 e. The average Bonchev–Trinajstić information content (AvgIpc) is 2.04. The van der Waals surface area contributed by atoms with Crippen LogP contribution in [0.15, 0.2) is 18.5 Å². The number of nitrogens with zero attached hydrogens (tertiary/aromatic N) is 1. The van der Waals surface area contributed by atoms with Crippen LogP contribution in [0.25, 0.3) is 0 Å². The van der Waals surface area contributed by atoms with Crippen molar-refractivity contribution in [3.8, 4) is 0 Å². The number of hydrogen-bond acceptors (Lipinski definition) is 3. The van der Waals surface area contributed by atoms with E-state index in [0.29, 0.717) is 12.1 Å². The fourth-order valence-corrected chi connectivity index (χ4v) is 1.38. The third-order valence-corrected chi connectivity index (χ3v) is 1.96. The van der Waals surface area contributed by atoms with E-state index in [2.05, 4.69) is 4.98 Å². The van der Waals surface area contributed by atoms with Crippen LogP contribution < -0.4 is 5.06 Å². The van der Waals surface area contributed by atoms with Crippen LogP contribution in [-0.2, 0) is 6.54 Å². The molecule has 0 aromatic carbocycles. The number of fused-ring (bicyclic) bond motifs is 1. The van der Waals surface area contributed by atoms with Crippen molar-refractivity contribution in [2.24, 2.45) is 0 Å². The Balaban J connectivity index is 2.47. The fraction of sp³-hybridized carbons (Fsp3) is 0.250. The number of carbonyl (C=O) groups is 1. The van der Waals surface area contributed by atoms with Gasteiger partial charge in [-0.25, -0.2) is 0 Å². The van der Waals surface area contributed by atoms with Crippen molar-refractivity contribution in [2.45, 2.75) is 6.54 Å². The number of hydroxylamine groups is 2. The summed E-state index contributed by atoms with van der Waals surface area (Å²) in [5.41, 5.74) is 1.42. The van der Waals surface area contributed by atoms with Crippen LogP contribution in [0, 0.1) is 5.21 Å². The first-order valence-electron chi connectivity index (χ1n) is 3.75. The molecule has 0 saturated heterocycles. The highest BCUT2D eigenvalue weighted by Gasteiger charge is 2.21. The minimum Gasteiger partial charge on any atom is -0.634 e. The number of rotatable bonds is 0. The molecule has 0 bridgehead atoms. The quantitative estimate of drug-likeness (QED) is 0.509. The molecule has 1 N–H and O–H groups in total. The number of aromatic nitrogens is 1. The van der Waals surface area contributed by atoms with Gasteiger partial charge in [0.25, 0.3) is 0 Å². The lowest BCUT2D eigenvalue weighted by molar-refractivity contribution is -0.854. The Kier molecular flexibility index (Phi) is 1.64. The smallest absolute Gasteiger partial charge is 0.219 e. The summed E-state index contributed by atoms with van der Waals surface area (Å²) >= 11 is 0. The highest BCUT2D eigenvalue weighted by atomic mass is 16.5. The molecule has 1 aromatic heterocycles. The number of ketones is 1. The van der Waals surface area contributed by atoms with Gasteiger partial charge in [-0.1, -0.05) is 0 Å². The number of hydrogen-bond donors (Lipinski definition) is 1. The molecule has 0 amide bonds. The first-order chi connectivity index (χ1) is 5.77. The average molecular weight is 164 g/mol. The molecular formula is C8H8N2O2. The molecule has 0 spiro atoms. The minimum atomic E-state index is -0.102.